The highest BCUT2D eigenvalue weighted by Crippen LogP contribution is 1.95. The van der Waals surface area contributed by atoms with E-state index in [-0.39, 0.29) is 24.8 Å². The highest BCUT2D eigenvalue weighted by atomic mass is 16.3. The van der Waals surface area contributed by atoms with Gasteiger partial charge in [-0.15, -0.1) is 0 Å². The van der Waals surface area contributed by atoms with E-state index >= 15 is 0 Å². The molecule has 0 unspecified atom stereocenters. The van der Waals surface area contributed by atoms with Gasteiger partial charge in [-0.2, -0.15) is 0 Å². The van der Waals surface area contributed by atoms with Gasteiger partial charge in [-0.25, -0.2) is 0 Å². The minimum absolute atomic E-state index is 0.0502. The Bertz CT molecular complexity index is 194. The molecule has 1 aliphatic heterocycles. The molecule has 0 saturated carbocycles. The van der Waals surface area contributed by atoms with Crippen molar-refractivity contribution in [2.24, 2.45) is 0 Å². The van der Waals surface area contributed by atoms with Crippen LogP contribution in [0.5, 0.6) is 0 Å². The van der Waals surface area contributed by atoms with Gasteiger partial charge in [0.05, 0.1) is 19.1 Å². The molecule has 0 aromatic carbocycles. The molecule has 1 fully saturated rings. The Hall–Kier alpha value is -1.14. The Balaban J connectivity index is 2.38. The number of carbonyl (C=O) groups excluding carboxylic acids is 2. The molecule has 0 aliphatic carbocycles. The van der Waals surface area contributed by atoms with Crippen molar-refractivity contribution in [2.45, 2.75) is 12.5 Å². The zero-order valence-corrected chi connectivity index (χ0v) is 6.46. The molecule has 6 heteroatoms. The minimum Gasteiger partial charge on any atom is -0.395 e. The molecule has 1 heterocycles. The second kappa shape index (κ2) is 4.03. The molecule has 0 radical (unpaired) electrons. The second-order valence-electron chi connectivity index (χ2n) is 2.47. The highest BCUT2D eigenvalue weighted by Gasteiger charge is 2.25. The van der Waals surface area contributed by atoms with Crippen LogP contribution in [0.1, 0.15) is 6.42 Å². The Morgan fingerprint density at radius 3 is 2.92 bits per heavy atom. The molecule has 6 nitrogen and oxygen atoms in total. The first kappa shape index (κ1) is 8.95. The summed E-state index contributed by atoms with van der Waals surface area (Å²) in [5, 5.41) is 11.2. The van der Waals surface area contributed by atoms with E-state index in [9.17, 15) is 9.59 Å². The van der Waals surface area contributed by atoms with E-state index in [1.807, 2.05) is 0 Å². The van der Waals surface area contributed by atoms with E-state index in [1.165, 1.54) is 0 Å². The third-order valence-corrected chi connectivity index (χ3v) is 1.53. The number of hydrogen-bond acceptors (Lipinski definition) is 4. The molecular weight excluding hydrogens is 162 g/mol. The largest absolute Gasteiger partial charge is 0.395 e. The molecule has 1 atom stereocenters. The van der Waals surface area contributed by atoms with Crippen molar-refractivity contribution < 1.29 is 14.7 Å². The van der Waals surface area contributed by atoms with Gasteiger partial charge in [-0.05, 0) is 0 Å². The maximum absolute atomic E-state index is 11.0. The summed E-state index contributed by atoms with van der Waals surface area (Å²) in [4.78, 5) is 21.7. The van der Waals surface area contributed by atoms with Crippen LogP contribution in [-0.2, 0) is 9.59 Å². The molecule has 0 bridgehead atoms. The summed E-state index contributed by atoms with van der Waals surface area (Å²) in [7, 11) is 0. The van der Waals surface area contributed by atoms with Gasteiger partial charge >= 0.3 is 0 Å². The van der Waals surface area contributed by atoms with Crippen molar-refractivity contribution in [2.75, 3.05) is 13.2 Å². The molecule has 2 amide bonds. The number of rotatable bonds is 3. The summed E-state index contributed by atoms with van der Waals surface area (Å²) < 4.78 is 0. The molecule has 1 rings (SSSR count). The van der Waals surface area contributed by atoms with E-state index in [0.29, 0.717) is 6.54 Å². The lowest BCUT2D eigenvalue weighted by atomic mass is 10.1. The van der Waals surface area contributed by atoms with Crippen LogP contribution in [0.3, 0.4) is 0 Å². The molecule has 0 aromatic heterocycles. The summed E-state index contributed by atoms with van der Waals surface area (Å²) in [6.45, 7) is 0.261. The van der Waals surface area contributed by atoms with Crippen LogP contribution in [0.15, 0.2) is 0 Å². The minimum atomic E-state index is -0.522. The van der Waals surface area contributed by atoms with Crippen LogP contribution in [0.2, 0.25) is 0 Å². The number of hydrazine groups is 1. The van der Waals surface area contributed by atoms with Gasteiger partial charge in [0.2, 0.25) is 5.91 Å². The average Bonchev–Trinajstić information content (AvgIpc) is 2.07. The van der Waals surface area contributed by atoms with Crippen LogP contribution in [0.4, 0.5) is 0 Å². The fraction of sp³-hybridized carbons (Fsp3) is 0.667. The fourth-order valence-electron chi connectivity index (χ4n) is 0.951. The first-order valence-electron chi connectivity index (χ1n) is 3.67. The first-order valence-corrected chi connectivity index (χ1v) is 3.67. The highest BCUT2D eigenvalue weighted by molar-refractivity contribution is 5.93. The lowest BCUT2D eigenvalue weighted by Gasteiger charge is -2.22. The van der Waals surface area contributed by atoms with Crippen LogP contribution in [0, 0.1) is 0 Å². The molecule has 0 aromatic rings. The van der Waals surface area contributed by atoms with Gasteiger partial charge in [0.25, 0.3) is 5.91 Å². The van der Waals surface area contributed by atoms with Crippen molar-refractivity contribution in [3.05, 3.63) is 0 Å². The Kier molecular flexibility index (Phi) is 3.01. The number of aliphatic hydroxyl groups is 1. The normalized spacial score (nSPS) is 23.2. The summed E-state index contributed by atoms with van der Waals surface area (Å²) >= 11 is 0. The Labute approximate surface area is 69.3 Å². The quantitative estimate of drug-likeness (QED) is 0.379. The van der Waals surface area contributed by atoms with Gasteiger partial charge < -0.3 is 10.4 Å². The van der Waals surface area contributed by atoms with Gasteiger partial charge in [0, 0.05) is 6.54 Å². The predicted molar refractivity (Wildman–Crippen MR) is 39.8 cm³/mol. The molecule has 4 N–H and O–H groups in total. The van der Waals surface area contributed by atoms with Crippen molar-refractivity contribution in [1.29, 1.82) is 0 Å². The molecule has 1 aliphatic rings. The fourth-order valence-corrected chi connectivity index (χ4v) is 0.951. The van der Waals surface area contributed by atoms with Crippen LogP contribution in [-0.4, -0.2) is 36.1 Å². The number of amides is 2. The summed E-state index contributed by atoms with van der Waals surface area (Å²) in [6.07, 6.45) is 0.117. The zero-order valence-electron chi connectivity index (χ0n) is 6.46. The van der Waals surface area contributed by atoms with Gasteiger partial charge in [0.15, 0.2) is 0 Å². The lowest BCUT2D eigenvalue weighted by Crippen LogP contribution is -2.58. The number of hydrogen-bond donors (Lipinski definition) is 4. The van der Waals surface area contributed by atoms with Gasteiger partial charge in [0.1, 0.15) is 0 Å². The number of nitrogens with one attached hydrogen (secondary N) is 3. The van der Waals surface area contributed by atoms with Crippen LogP contribution in [0.25, 0.3) is 0 Å². The molecule has 0 spiro atoms. The summed E-state index contributed by atoms with van der Waals surface area (Å²) in [5.41, 5.74) is 4.41. The maximum atomic E-state index is 11.0. The second-order valence-corrected chi connectivity index (χ2v) is 2.47. The average molecular weight is 173 g/mol. The van der Waals surface area contributed by atoms with Crippen molar-refractivity contribution >= 4 is 11.8 Å². The number of aliphatic hydroxyl groups excluding tert-OH is 1. The van der Waals surface area contributed by atoms with Crippen molar-refractivity contribution in [3.63, 3.8) is 0 Å². The third-order valence-electron chi connectivity index (χ3n) is 1.53. The Morgan fingerprint density at radius 1 is 1.50 bits per heavy atom. The van der Waals surface area contributed by atoms with Gasteiger partial charge in [-0.3, -0.25) is 20.4 Å². The van der Waals surface area contributed by atoms with Crippen molar-refractivity contribution in [1.82, 2.24) is 16.2 Å². The molecule has 68 valence electrons. The van der Waals surface area contributed by atoms with Crippen LogP contribution >= 0.6 is 0 Å². The lowest BCUT2D eigenvalue weighted by molar-refractivity contribution is -0.136. The summed E-state index contributed by atoms with van der Waals surface area (Å²) in [6, 6.07) is -0.522. The first-order chi connectivity index (χ1) is 5.74. The maximum Gasteiger partial charge on any atom is 0.256 e. The van der Waals surface area contributed by atoms with E-state index in [0.717, 1.165) is 0 Å². The molecule has 12 heavy (non-hydrogen) atoms. The third kappa shape index (κ3) is 2.18. The Morgan fingerprint density at radius 2 is 2.25 bits per heavy atom. The monoisotopic (exact) mass is 173 g/mol. The predicted octanol–water partition coefficient (Wildman–Crippen LogP) is -2.51. The van der Waals surface area contributed by atoms with E-state index in [2.05, 4.69) is 16.2 Å². The van der Waals surface area contributed by atoms with E-state index < -0.39 is 6.04 Å². The van der Waals surface area contributed by atoms with E-state index in [4.69, 9.17) is 5.11 Å². The van der Waals surface area contributed by atoms with E-state index in [1.54, 1.807) is 0 Å². The standard InChI is InChI=1S/C6H11N3O3/c10-2-1-7-4-3-5(11)8-9-6(4)12/h4,7,10H,1-3H2,(H,8,11)(H,9,12)/t4-/m1/s1. The summed E-state index contributed by atoms with van der Waals surface area (Å²) in [5.74, 6) is -0.506. The molecule has 1 saturated heterocycles. The zero-order chi connectivity index (χ0) is 8.97. The smallest absolute Gasteiger partial charge is 0.256 e. The van der Waals surface area contributed by atoms with Gasteiger partial charge in [-0.1, -0.05) is 0 Å². The molecular formula is C6H11N3O3. The number of carbonyl (C=O) groups is 2. The van der Waals surface area contributed by atoms with Crippen molar-refractivity contribution in [3.8, 4) is 0 Å². The topological polar surface area (TPSA) is 90.5 Å². The van der Waals surface area contributed by atoms with Crippen LogP contribution < -0.4 is 16.2 Å². The SMILES string of the molecule is O=C1C[C@@H](NCCO)C(=O)NN1.